The number of carbonyl (C=O) groups excluding carboxylic acids is 1. The van der Waals surface area contributed by atoms with Gasteiger partial charge in [0.15, 0.2) is 5.78 Å². The lowest BCUT2D eigenvalue weighted by molar-refractivity contribution is -0.126. The molecule has 0 aliphatic carbocycles. The molecule has 1 aliphatic heterocycles. The number of ether oxygens (including phenoxy) is 1. The molecule has 13 heavy (non-hydrogen) atoms. The summed E-state index contributed by atoms with van der Waals surface area (Å²) in [4.78, 5) is 11.8. The Balaban J connectivity index is 2.56. The summed E-state index contributed by atoms with van der Waals surface area (Å²) >= 11 is 0. The molecule has 0 unspecified atom stereocenters. The fourth-order valence-corrected chi connectivity index (χ4v) is 1.46. The predicted octanol–water partition coefficient (Wildman–Crippen LogP) is 2.19. The lowest BCUT2D eigenvalue weighted by atomic mass is 9.88. The van der Waals surface area contributed by atoms with Crippen LogP contribution >= 0.6 is 0 Å². The first-order valence-corrected chi connectivity index (χ1v) is 4.80. The molecule has 1 rings (SSSR count). The van der Waals surface area contributed by atoms with E-state index in [1.54, 1.807) is 6.08 Å². The molecular weight excluding hydrogens is 164 g/mol. The molecule has 0 radical (unpaired) electrons. The van der Waals surface area contributed by atoms with Crippen molar-refractivity contribution in [3.05, 3.63) is 12.7 Å². The Kier molecular flexibility index (Phi) is 2.91. The number of carbonyl (C=O) groups is 1. The molecule has 0 amide bonds. The van der Waals surface area contributed by atoms with Gasteiger partial charge in [0, 0.05) is 5.92 Å². The van der Waals surface area contributed by atoms with Crippen molar-refractivity contribution in [2.45, 2.75) is 32.8 Å². The number of epoxide rings is 1. The first kappa shape index (κ1) is 10.5. The fraction of sp³-hybridized carbons (Fsp3) is 0.727. The SMILES string of the molecule is C=C[C@@H](CC(C)C)C(=O)[C@@]1(C)CO1. The van der Waals surface area contributed by atoms with Gasteiger partial charge in [-0.05, 0) is 19.3 Å². The van der Waals surface area contributed by atoms with Gasteiger partial charge in [0.05, 0.1) is 6.61 Å². The average Bonchev–Trinajstić information content (AvgIpc) is 2.79. The van der Waals surface area contributed by atoms with E-state index in [1.807, 2.05) is 6.92 Å². The van der Waals surface area contributed by atoms with Crippen LogP contribution in [0.4, 0.5) is 0 Å². The maximum Gasteiger partial charge on any atom is 0.173 e. The normalized spacial score (nSPS) is 28.6. The molecule has 1 aliphatic rings. The van der Waals surface area contributed by atoms with E-state index >= 15 is 0 Å². The van der Waals surface area contributed by atoms with Crippen molar-refractivity contribution in [3.8, 4) is 0 Å². The van der Waals surface area contributed by atoms with Crippen molar-refractivity contribution in [2.75, 3.05) is 6.61 Å². The number of ketones is 1. The zero-order valence-corrected chi connectivity index (χ0v) is 8.67. The highest BCUT2D eigenvalue weighted by Crippen LogP contribution is 2.32. The molecule has 2 heteroatoms. The van der Waals surface area contributed by atoms with Crippen molar-refractivity contribution in [3.63, 3.8) is 0 Å². The van der Waals surface area contributed by atoms with E-state index < -0.39 is 5.60 Å². The summed E-state index contributed by atoms with van der Waals surface area (Å²) in [5.41, 5.74) is -0.492. The Morgan fingerprint density at radius 1 is 1.69 bits per heavy atom. The number of allylic oxidation sites excluding steroid dienone is 1. The zero-order valence-electron chi connectivity index (χ0n) is 8.67. The Morgan fingerprint density at radius 2 is 2.23 bits per heavy atom. The molecule has 1 heterocycles. The van der Waals surface area contributed by atoms with Crippen molar-refractivity contribution in [1.82, 2.24) is 0 Å². The molecule has 0 saturated carbocycles. The molecular formula is C11H18O2. The van der Waals surface area contributed by atoms with Crippen LogP contribution in [0.15, 0.2) is 12.7 Å². The smallest absolute Gasteiger partial charge is 0.173 e. The molecule has 1 saturated heterocycles. The zero-order chi connectivity index (χ0) is 10.1. The molecule has 0 aromatic heterocycles. The summed E-state index contributed by atoms with van der Waals surface area (Å²) in [5, 5.41) is 0. The number of hydrogen-bond donors (Lipinski definition) is 0. The minimum Gasteiger partial charge on any atom is -0.362 e. The molecule has 1 fully saturated rings. The van der Waals surface area contributed by atoms with Crippen LogP contribution in [0.25, 0.3) is 0 Å². The van der Waals surface area contributed by atoms with E-state index in [2.05, 4.69) is 20.4 Å². The highest BCUT2D eigenvalue weighted by Gasteiger charge is 2.48. The third-order valence-electron chi connectivity index (χ3n) is 2.45. The van der Waals surface area contributed by atoms with E-state index in [0.29, 0.717) is 12.5 Å². The van der Waals surface area contributed by atoms with Gasteiger partial charge in [-0.1, -0.05) is 19.9 Å². The van der Waals surface area contributed by atoms with Crippen molar-refractivity contribution in [2.24, 2.45) is 11.8 Å². The van der Waals surface area contributed by atoms with Crippen LogP contribution in [0.5, 0.6) is 0 Å². The van der Waals surface area contributed by atoms with Gasteiger partial charge in [-0.15, -0.1) is 6.58 Å². The highest BCUT2D eigenvalue weighted by atomic mass is 16.6. The number of Topliss-reactive ketones (excluding diaryl/α,β-unsaturated/α-hetero) is 1. The Labute approximate surface area is 80.0 Å². The largest absolute Gasteiger partial charge is 0.362 e. The number of rotatable bonds is 5. The van der Waals surface area contributed by atoms with E-state index in [4.69, 9.17) is 4.74 Å². The minimum atomic E-state index is -0.492. The standard InChI is InChI=1S/C11H18O2/c1-5-9(6-8(2)3)10(12)11(4)7-13-11/h5,8-9H,1,6-7H2,2-4H3/t9-,11+/m0/s1. The monoisotopic (exact) mass is 182 g/mol. The van der Waals surface area contributed by atoms with Crippen LogP contribution in [0.1, 0.15) is 27.2 Å². The Morgan fingerprint density at radius 3 is 2.54 bits per heavy atom. The second-order valence-electron chi connectivity index (χ2n) is 4.36. The molecule has 0 aromatic rings. The van der Waals surface area contributed by atoms with E-state index in [0.717, 1.165) is 6.42 Å². The van der Waals surface area contributed by atoms with Gasteiger partial charge in [-0.25, -0.2) is 0 Å². The summed E-state index contributed by atoms with van der Waals surface area (Å²) in [6.07, 6.45) is 2.62. The Hall–Kier alpha value is -0.630. The fourth-order valence-electron chi connectivity index (χ4n) is 1.46. The van der Waals surface area contributed by atoms with E-state index in [-0.39, 0.29) is 11.7 Å². The first-order valence-electron chi connectivity index (χ1n) is 4.80. The van der Waals surface area contributed by atoms with Crippen molar-refractivity contribution >= 4 is 5.78 Å². The summed E-state index contributed by atoms with van der Waals surface area (Å²) in [6.45, 7) is 10.4. The van der Waals surface area contributed by atoms with E-state index in [1.165, 1.54) is 0 Å². The predicted molar refractivity (Wildman–Crippen MR) is 52.5 cm³/mol. The third kappa shape index (κ3) is 2.41. The van der Waals surface area contributed by atoms with Gasteiger partial charge in [0.25, 0.3) is 0 Å². The van der Waals surface area contributed by atoms with Crippen LogP contribution in [0.3, 0.4) is 0 Å². The van der Waals surface area contributed by atoms with Crippen molar-refractivity contribution in [1.29, 1.82) is 0 Å². The van der Waals surface area contributed by atoms with Gasteiger partial charge < -0.3 is 4.74 Å². The minimum absolute atomic E-state index is 0.0347. The topological polar surface area (TPSA) is 29.6 Å². The first-order chi connectivity index (χ1) is 5.99. The van der Waals surface area contributed by atoms with Gasteiger partial charge in [-0.2, -0.15) is 0 Å². The summed E-state index contributed by atoms with van der Waals surface area (Å²) in [5.74, 6) is 0.679. The molecule has 0 N–H and O–H groups in total. The average molecular weight is 182 g/mol. The maximum atomic E-state index is 11.8. The van der Waals surface area contributed by atoms with Crippen LogP contribution in [-0.4, -0.2) is 18.0 Å². The summed E-state index contributed by atoms with van der Waals surface area (Å²) in [7, 11) is 0. The van der Waals surface area contributed by atoms with Crippen LogP contribution in [-0.2, 0) is 9.53 Å². The summed E-state index contributed by atoms with van der Waals surface area (Å²) in [6, 6.07) is 0. The van der Waals surface area contributed by atoms with Crippen molar-refractivity contribution < 1.29 is 9.53 Å². The van der Waals surface area contributed by atoms with Gasteiger partial charge >= 0.3 is 0 Å². The molecule has 2 nitrogen and oxygen atoms in total. The molecule has 0 aromatic carbocycles. The van der Waals surface area contributed by atoms with Crippen LogP contribution < -0.4 is 0 Å². The molecule has 74 valence electrons. The summed E-state index contributed by atoms with van der Waals surface area (Å²) < 4.78 is 5.12. The molecule has 2 atom stereocenters. The van der Waals surface area contributed by atoms with E-state index in [9.17, 15) is 4.79 Å². The molecule has 0 bridgehead atoms. The lowest BCUT2D eigenvalue weighted by Gasteiger charge is -2.15. The quantitative estimate of drug-likeness (QED) is 0.482. The third-order valence-corrected chi connectivity index (χ3v) is 2.45. The Bertz CT molecular complexity index is 214. The van der Waals surface area contributed by atoms with Gasteiger partial charge in [0.1, 0.15) is 5.60 Å². The lowest BCUT2D eigenvalue weighted by Crippen LogP contribution is -2.28. The van der Waals surface area contributed by atoms with Gasteiger partial charge in [0.2, 0.25) is 0 Å². The highest BCUT2D eigenvalue weighted by molar-refractivity contribution is 5.92. The second-order valence-corrected chi connectivity index (χ2v) is 4.36. The number of hydrogen-bond acceptors (Lipinski definition) is 2. The maximum absolute atomic E-state index is 11.8. The van der Waals surface area contributed by atoms with Crippen LogP contribution in [0, 0.1) is 11.8 Å². The van der Waals surface area contributed by atoms with Crippen LogP contribution in [0.2, 0.25) is 0 Å². The van der Waals surface area contributed by atoms with Gasteiger partial charge in [-0.3, -0.25) is 4.79 Å². The second kappa shape index (κ2) is 3.62. The molecule has 0 spiro atoms.